The number of rotatable bonds is 3. The van der Waals surface area contributed by atoms with E-state index >= 15 is 4.39 Å². The zero-order valence-corrected chi connectivity index (χ0v) is 18.6. The largest absolute Gasteiger partial charge is 0.462 e. The summed E-state index contributed by atoms with van der Waals surface area (Å²) in [6.45, 7) is 1.18. The minimum absolute atomic E-state index is 0.0257. The number of pyridine rings is 1. The molecule has 3 aliphatic rings. The number of ether oxygens (including phenoxy) is 4. The fourth-order valence-electron chi connectivity index (χ4n) is 4.49. The first-order valence-electron chi connectivity index (χ1n) is 10.7. The van der Waals surface area contributed by atoms with Crippen LogP contribution in [0.15, 0.2) is 59.6 Å². The molecule has 3 aromatic rings. The zero-order chi connectivity index (χ0) is 23.3. The van der Waals surface area contributed by atoms with E-state index < -0.39 is 11.4 Å². The summed E-state index contributed by atoms with van der Waals surface area (Å²) in [6, 6.07) is 13.7. The number of benzene rings is 2. The molecule has 9 heteroatoms. The fraction of sp³-hybridized carbons (Fsp3) is 0.200. The number of amidine groups is 1. The lowest BCUT2D eigenvalue weighted by molar-refractivity contribution is 0.161. The monoisotopic (exact) mass is 479 g/mol. The number of aliphatic imine (C=N–C) groups is 1. The van der Waals surface area contributed by atoms with Crippen LogP contribution in [0.1, 0.15) is 23.1 Å². The summed E-state index contributed by atoms with van der Waals surface area (Å²) in [5, 5.41) is 0.316. The lowest BCUT2D eigenvalue weighted by atomic mass is 9.80. The molecule has 2 N–H and O–H groups in total. The van der Waals surface area contributed by atoms with Crippen LogP contribution in [0.5, 0.6) is 23.1 Å². The highest BCUT2D eigenvalue weighted by Gasteiger charge is 2.48. The SMILES string of the molecule is NC1=NC2(CO1)c1cc(Oc3cccc(Cl)n3)ccc1Oc1c(F)cc(C3=CCOCC3)cc12. The standard InChI is InChI=1S/C25H19ClFN3O4/c26-21-2-1-3-22(29-21)33-16-4-5-20-17(12-16)25(13-32-24(28)30-25)18-10-15(11-19(27)23(18)34-20)14-6-8-31-9-7-14/h1-6,10-12H,7-9,13H2,(H2,28,30). The molecular weight excluding hydrogens is 461 g/mol. The molecule has 4 heterocycles. The van der Waals surface area contributed by atoms with E-state index in [0.717, 1.165) is 11.1 Å². The van der Waals surface area contributed by atoms with Crippen LogP contribution >= 0.6 is 11.6 Å². The van der Waals surface area contributed by atoms with E-state index in [1.807, 2.05) is 12.1 Å². The van der Waals surface area contributed by atoms with Gasteiger partial charge in [0.1, 0.15) is 23.3 Å². The van der Waals surface area contributed by atoms with Crippen molar-refractivity contribution in [1.29, 1.82) is 0 Å². The first kappa shape index (κ1) is 20.9. The number of halogens is 2. The Morgan fingerprint density at radius 3 is 2.79 bits per heavy atom. The van der Waals surface area contributed by atoms with E-state index in [-0.39, 0.29) is 18.4 Å². The highest BCUT2D eigenvalue weighted by atomic mass is 35.5. The molecule has 0 fully saturated rings. The van der Waals surface area contributed by atoms with Crippen LogP contribution < -0.4 is 15.2 Å². The van der Waals surface area contributed by atoms with Crippen LogP contribution in [0.25, 0.3) is 5.57 Å². The molecule has 7 nitrogen and oxygen atoms in total. The van der Waals surface area contributed by atoms with Gasteiger partial charge in [-0.3, -0.25) is 0 Å². The molecule has 2 aromatic carbocycles. The second kappa shape index (κ2) is 8.00. The quantitative estimate of drug-likeness (QED) is 0.522. The number of hydrogen-bond donors (Lipinski definition) is 1. The van der Waals surface area contributed by atoms with E-state index in [9.17, 15) is 0 Å². The molecule has 0 radical (unpaired) electrons. The van der Waals surface area contributed by atoms with Crippen LogP contribution in [0.2, 0.25) is 5.15 Å². The second-order valence-corrected chi connectivity index (χ2v) is 8.54. The lowest BCUT2D eigenvalue weighted by Crippen LogP contribution is -2.31. The fourth-order valence-corrected chi connectivity index (χ4v) is 4.65. The van der Waals surface area contributed by atoms with Crippen molar-refractivity contribution in [2.45, 2.75) is 12.0 Å². The molecule has 34 heavy (non-hydrogen) atoms. The molecule has 1 aromatic heterocycles. The van der Waals surface area contributed by atoms with Gasteiger partial charge in [0, 0.05) is 17.2 Å². The van der Waals surface area contributed by atoms with E-state index in [2.05, 4.69) is 9.98 Å². The lowest BCUT2D eigenvalue weighted by Gasteiger charge is -2.34. The average molecular weight is 480 g/mol. The summed E-state index contributed by atoms with van der Waals surface area (Å²) >= 11 is 5.98. The summed E-state index contributed by atoms with van der Waals surface area (Å²) < 4.78 is 38.3. The first-order chi connectivity index (χ1) is 16.5. The van der Waals surface area contributed by atoms with Gasteiger partial charge in [-0.1, -0.05) is 23.7 Å². The number of nitrogens with two attached hydrogens (primary N) is 1. The number of aromatic nitrogens is 1. The number of fused-ring (bicyclic) bond motifs is 4. The molecule has 172 valence electrons. The molecule has 0 saturated carbocycles. The summed E-state index contributed by atoms with van der Waals surface area (Å²) in [5.41, 5.74) is 7.83. The molecule has 1 spiro atoms. The van der Waals surface area contributed by atoms with E-state index in [0.29, 0.717) is 53.3 Å². The minimum Gasteiger partial charge on any atom is -0.462 e. The van der Waals surface area contributed by atoms with Crippen LogP contribution in [-0.4, -0.2) is 30.8 Å². The molecule has 0 saturated heterocycles. The van der Waals surface area contributed by atoms with Gasteiger partial charge >= 0.3 is 0 Å². The molecule has 6 rings (SSSR count). The van der Waals surface area contributed by atoms with Crippen molar-refractivity contribution in [2.75, 3.05) is 19.8 Å². The van der Waals surface area contributed by atoms with Gasteiger partial charge in [0.15, 0.2) is 17.1 Å². The Kier molecular flexibility index (Phi) is 4.93. The Hall–Kier alpha value is -3.62. The Labute approximate surface area is 199 Å². The van der Waals surface area contributed by atoms with Crippen molar-refractivity contribution in [3.63, 3.8) is 0 Å². The molecule has 1 atom stereocenters. The number of nitrogens with zero attached hydrogens (tertiary/aromatic N) is 2. The average Bonchev–Trinajstić information content (AvgIpc) is 3.23. The van der Waals surface area contributed by atoms with Crippen molar-refractivity contribution in [1.82, 2.24) is 4.98 Å². The summed E-state index contributed by atoms with van der Waals surface area (Å²) in [5.74, 6) is 0.900. The first-order valence-corrected chi connectivity index (χ1v) is 11.1. The Balaban J connectivity index is 1.49. The smallest absolute Gasteiger partial charge is 0.283 e. The summed E-state index contributed by atoms with van der Waals surface area (Å²) in [7, 11) is 0. The topological polar surface area (TPSA) is 88.2 Å². The maximum Gasteiger partial charge on any atom is 0.283 e. The van der Waals surface area contributed by atoms with Gasteiger partial charge in [0.2, 0.25) is 5.88 Å². The highest BCUT2D eigenvalue weighted by molar-refractivity contribution is 6.29. The Bertz CT molecular complexity index is 1380. The van der Waals surface area contributed by atoms with Gasteiger partial charge in [-0.25, -0.2) is 14.4 Å². The highest BCUT2D eigenvalue weighted by Crippen LogP contribution is 2.53. The minimum atomic E-state index is -1.09. The summed E-state index contributed by atoms with van der Waals surface area (Å²) in [6.07, 6.45) is 2.65. The van der Waals surface area contributed by atoms with Crippen molar-refractivity contribution < 1.29 is 23.3 Å². The van der Waals surface area contributed by atoms with E-state index in [1.165, 1.54) is 6.07 Å². The molecular formula is C25H19ClFN3O4. The maximum absolute atomic E-state index is 15.4. The van der Waals surface area contributed by atoms with Crippen LogP contribution in [0, 0.1) is 5.82 Å². The Morgan fingerprint density at radius 2 is 2.03 bits per heavy atom. The van der Waals surface area contributed by atoms with Crippen molar-refractivity contribution >= 4 is 23.2 Å². The van der Waals surface area contributed by atoms with E-state index in [1.54, 1.807) is 36.4 Å². The second-order valence-electron chi connectivity index (χ2n) is 8.15. The molecule has 1 unspecified atom stereocenters. The van der Waals surface area contributed by atoms with Gasteiger partial charge in [-0.15, -0.1) is 0 Å². The van der Waals surface area contributed by atoms with Crippen molar-refractivity contribution in [3.8, 4) is 23.1 Å². The van der Waals surface area contributed by atoms with Gasteiger partial charge in [-0.05, 0) is 54.0 Å². The normalized spacial score (nSPS) is 20.5. The molecule has 0 amide bonds. The van der Waals surface area contributed by atoms with Gasteiger partial charge in [0.05, 0.1) is 13.2 Å². The predicted molar refractivity (Wildman–Crippen MR) is 124 cm³/mol. The molecule has 0 aliphatic carbocycles. The summed E-state index contributed by atoms with van der Waals surface area (Å²) in [4.78, 5) is 8.81. The Morgan fingerprint density at radius 1 is 1.12 bits per heavy atom. The molecule has 0 bridgehead atoms. The van der Waals surface area contributed by atoms with Crippen LogP contribution in [0.4, 0.5) is 4.39 Å². The van der Waals surface area contributed by atoms with Gasteiger partial charge in [-0.2, -0.15) is 0 Å². The third-order valence-corrected chi connectivity index (χ3v) is 6.28. The van der Waals surface area contributed by atoms with Crippen molar-refractivity contribution in [2.24, 2.45) is 10.7 Å². The zero-order valence-electron chi connectivity index (χ0n) is 17.9. The van der Waals surface area contributed by atoms with Gasteiger partial charge < -0.3 is 24.7 Å². The van der Waals surface area contributed by atoms with Crippen LogP contribution in [-0.2, 0) is 15.0 Å². The predicted octanol–water partition coefficient (Wildman–Crippen LogP) is 5.16. The van der Waals surface area contributed by atoms with E-state index in [4.69, 9.17) is 36.3 Å². The number of hydrogen-bond acceptors (Lipinski definition) is 7. The molecule has 3 aliphatic heterocycles. The van der Waals surface area contributed by atoms with Crippen LogP contribution in [0.3, 0.4) is 0 Å². The van der Waals surface area contributed by atoms with Gasteiger partial charge in [0.25, 0.3) is 6.02 Å². The third-order valence-electron chi connectivity index (χ3n) is 6.07. The van der Waals surface area contributed by atoms with Crippen molar-refractivity contribution in [3.05, 3.63) is 82.3 Å². The third kappa shape index (κ3) is 3.46. The maximum atomic E-state index is 15.4.